The van der Waals surface area contributed by atoms with Crippen molar-refractivity contribution in [3.8, 4) is 0 Å². The van der Waals surface area contributed by atoms with Crippen LogP contribution in [0.2, 0.25) is 0 Å². The van der Waals surface area contributed by atoms with Crippen LogP contribution in [0.1, 0.15) is 17.5 Å². The topological polar surface area (TPSA) is 42.2 Å². The minimum atomic E-state index is 0.372. The highest BCUT2D eigenvalue weighted by molar-refractivity contribution is 5.21. The molecule has 0 bridgehead atoms. The monoisotopic (exact) mass is 191 g/mol. The van der Waals surface area contributed by atoms with Crippen molar-refractivity contribution >= 4 is 0 Å². The fourth-order valence-electron chi connectivity index (χ4n) is 1.93. The van der Waals surface area contributed by atoms with Crippen LogP contribution >= 0.6 is 0 Å². The maximum atomic E-state index is 5.86. The number of nitrogens with zero attached hydrogens (tertiary/aromatic N) is 2. The molecule has 76 valence electrons. The summed E-state index contributed by atoms with van der Waals surface area (Å²) in [5.41, 5.74) is 8.50. The lowest BCUT2D eigenvalue weighted by Crippen LogP contribution is -2.26. The molecular formula is C11H17N3. The molecule has 0 radical (unpaired) electrons. The van der Waals surface area contributed by atoms with E-state index in [1.807, 2.05) is 12.4 Å². The van der Waals surface area contributed by atoms with E-state index in [0.29, 0.717) is 6.04 Å². The van der Waals surface area contributed by atoms with Crippen LogP contribution in [-0.4, -0.2) is 29.0 Å². The molecule has 1 unspecified atom stereocenters. The maximum Gasteiger partial charge on any atom is 0.0300 e. The van der Waals surface area contributed by atoms with E-state index in [0.717, 1.165) is 26.1 Å². The van der Waals surface area contributed by atoms with Crippen LogP contribution in [0.15, 0.2) is 18.5 Å². The first-order valence-corrected chi connectivity index (χ1v) is 5.13. The minimum absolute atomic E-state index is 0.372. The first-order chi connectivity index (χ1) is 6.75. The third kappa shape index (κ3) is 2.11. The van der Waals surface area contributed by atoms with Crippen molar-refractivity contribution in [1.29, 1.82) is 0 Å². The highest BCUT2D eigenvalue weighted by atomic mass is 15.2. The van der Waals surface area contributed by atoms with Crippen molar-refractivity contribution in [2.24, 2.45) is 5.73 Å². The maximum absolute atomic E-state index is 5.86. The lowest BCUT2D eigenvalue weighted by atomic mass is 10.1. The summed E-state index contributed by atoms with van der Waals surface area (Å²) in [7, 11) is 0. The summed E-state index contributed by atoms with van der Waals surface area (Å²) in [5, 5.41) is 0. The average Bonchev–Trinajstić information content (AvgIpc) is 2.56. The van der Waals surface area contributed by atoms with Gasteiger partial charge in [-0.25, -0.2) is 0 Å². The zero-order valence-corrected chi connectivity index (χ0v) is 8.61. The lowest BCUT2D eigenvalue weighted by molar-refractivity contribution is 0.326. The molecular weight excluding hydrogens is 174 g/mol. The third-order valence-electron chi connectivity index (χ3n) is 2.84. The molecule has 2 N–H and O–H groups in total. The van der Waals surface area contributed by atoms with Gasteiger partial charge in [0.05, 0.1) is 0 Å². The van der Waals surface area contributed by atoms with Gasteiger partial charge in [0.2, 0.25) is 0 Å². The summed E-state index contributed by atoms with van der Waals surface area (Å²) < 4.78 is 0. The van der Waals surface area contributed by atoms with Crippen LogP contribution in [0.5, 0.6) is 0 Å². The van der Waals surface area contributed by atoms with Crippen molar-refractivity contribution in [2.45, 2.75) is 25.9 Å². The normalized spacial score (nSPS) is 22.9. The Morgan fingerprint density at radius 1 is 1.64 bits per heavy atom. The van der Waals surface area contributed by atoms with E-state index in [-0.39, 0.29) is 0 Å². The Morgan fingerprint density at radius 3 is 3.14 bits per heavy atom. The fourth-order valence-corrected chi connectivity index (χ4v) is 1.93. The standard InChI is InChI=1S/C11H17N3/c1-9-6-13-4-2-10(9)7-14-5-3-11(12)8-14/h2,4,6,11H,3,5,7-8,12H2,1H3. The summed E-state index contributed by atoms with van der Waals surface area (Å²) in [6, 6.07) is 2.47. The molecule has 3 heteroatoms. The summed E-state index contributed by atoms with van der Waals surface area (Å²) in [4.78, 5) is 6.50. The highest BCUT2D eigenvalue weighted by Crippen LogP contribution is 2.13. The SMILES string of the molecule is Cc1cnccc1CN1CCC(N)C1. The number of aryl methyl sites for hydroxylation is 1. The summed E-state index contributed by atoms with van der Waals surface area (Å²) in [6.07, 6.45) is 4.91. The van der Waals surface area contributed by atoms with Crippen molar-refractivity contribution in [3.05, 3.63) is 29.6 Å². The van der Waals surface area contributed by atoms with Gasteiger partial charge in [-0.2, -0.15) is 0 Å². The van der Waals surface area contributed by atoms with E-state index in [4.69, 9.17) is 5.73 Å². The van der Waals surface area contributed by atoms with E-state index in [2.05, 4.69) is 22.9 Å². The van der Waals surface area contributed by atoms with E-state index < -0.39 is 0 Å². The van der Waals surface area contributed by atoms with Gasteiger partial charge in [-0.1, -0.05) is 0 Å². The molecule has 1 aliphatic heterocycles. The number of hydrogen-bond acceptors (Lipinski definition) is 3. The number of likely N-dealkylation sites (tertiary alicyclic amines) is 1. The first kappa shape index (κ1) is 9.62. The molecule has 3 nitrogen and oxygen atoms in total. The first-order valence-electron chi connectivity index (χ1n) is 5.13. The Labute approximate surface area is 84.9 Å². The Morgan fingerprint density at radius 2 is 2.50 bits per heavy atom. The van der Waals surface area contributed by atoms with Crippen LogP contribution in [0.3, 0.4) is 0 Å². The Balaban J connectivity index is 2.01. The minimum Gasteiger partial charge on any atom is -0.326 e. The van der Waals surface area contributed by atoms with Crippen LogP contribution < -0.4 is 5.73 Å². The average molecular weight is 191 g/mol. The van der Waals surface area contributed by atoms with Gasteiger partial charge in [-0.05, 0) is 30.5 Å². The van der Waals surface area contributed by atoms with E-state index in [9.17, 15) is 0 Å². The Kier molecular flexibility index (Phi) is 2.79. The number of aromatic nitrogens is 1. The van der Waals surface area contributed by atoms with Crippen molar-refractivity contribution in [2.75, 3.05) is 13.1 Å². The van der Waals surface area contributed by atoms with Gasteiger partial charge in [-0.3, -0.25) is 9.88 Å². The molecule has 1 atom stereocenters. The largest absolute Gasteiger partial charge is 0.326 e. The van der Waals surface area contributed by atoms with Gasteiger partial charge in [0, 0.05) is 38.1 Å². The van der Waals surface area contributed by atoms with Gasteiger partial charge in [0.1, 0.15) is 0 Å². The zero-order chi connectivity index (χ0) is 9.97. The van der Waals surface area contributed by atoms with E-state index in [1.165, 1.54) is 11.1 Å². The fraction of sp³-hybridized carbons (Fsp3) is 0.545. The Hall–Kier alpha value is -0.930. The summed E-state index contributed by atoms with van der Waals surface area (Å²) in [6.45, 7) is 5.28. The number of rotatable bonds is 2. The summed E-state index contributed by atoms with van der Waals surface area (Å²) >= 11 is 0. The molecule has 2 rings (SSSR count). The van der Waals surface area contributed by atoms with Crippen LogP contribution in [0.4, 0.5) is 0 Å². The number of hydrogen-bond donors (Lipinski definition) is 1. The molecule has 0 aliphatic carbocycles. The van der Waals surface area contributed by atoms with E-state index in [1.54, 1.807) is 0 Å². The molecule has 1 aromatic heterocycles. The summed E-state index contributed by atoms with van der Waals surface area (Å²) in [5.74, 6) is 0. The van der Waals surface area contributed by atoms with Gasteiger partial charge in [-0.15, -0.1) is 0 Å². The molecule has 1 saturated heterocycles. The second-order valence-electron chi connectivity index (χ2n) is 4.09. The van der Waals surface area contributed by atoms with Crippen molar-refractivity contribution < 1.29 is 0 Å². The second-order valence-corrected chi connectivity index (χ2v) is 4.09. The molecule has 1 fully saturated rings. The smallest absolute Gasteiger partial charge is 0.0300 e. The lowest BCUT2D eigenvalue weighted by Gasteiger charge is -2.16. The molecule has 0 aromatic carbocycles. The van der Waals surface area contributed by atoms with Crippen molar-refractivity contribution in [1.82, 2.24) is 9.88 Å². The predicted octanol–water partition coefficient (Wildman–Crippen LogP) is 0.923. The molecule has 0 amide bonds. The zero-order valence-electron chi connectivity index (χ0n) is 8.61. The quantitative estimate of drug-likeness (QED) is 0.756. The van der Waals surface area contributed by atoms with Crippen molar-refractivity contribution in [3.63, 3.8) is 0 Å². The predicted molar refractivity (Wildman–Crippen MR) is 56.8 cm³/mol. The highest BCUT2D eigenvalue weighted by Gasteiger charge is 2.19. The van der Waals surface area contributed by atoms with Gasteiger partial charge >= 0.3 is 0 Å². The number of pyridine rings is 1. The molecule has 0 saturated carbocycles. The van der Waals surface area contributed by atoms with Gasteiger partial charge < -0.3 is 5.73 Å². The Bertz CT molecular complexity index is 311. The molecule has 1 aliphatic rings. The second kappa shape index (κ2) is 4.07. The molecule has 0 spiro atoms. The number of nitrogens with two attached hydrogens (primary N) is 1. The van der Waals surface area contributed by atoms with Gasteiger partial charge in [0.15, 0.2) is 0 Å². The third-order valence-corrected chi connectivity index (χ3v) is 2.84. The van der Waals surface area contributed by atoms with Crippen LogP contribution in [0.25, 0.3) is 0 Å². The van der Waals surface area contributed by atoms with Gasteiger partial charge in [0.25, 0.3) is 0 Å². The van der Waals surface area contributed by atoms with Crippen LogP contribution in [0, 0.1) is 6.92 Å². The van der Waals surface area contributed by atoms with E-state index >= 15 is 0 Å². The molecule has 2 heterocycles. The van der Waals surface area contributed by atoms with Crippen LogP contribution in [-0.2, 0) is 6.54 Å². The molecule has 1 aromatic rings. The molecule has 14 heavy (non-hydrogen) atoms.